The molecule has 1 amide bonds. The second kappa shape index (κ2) is 3.85. The predicted octanol–water partition coefficient (Wildman–Crippen LogP) is 2.47. The fourth-order valence-electron chi connectivity index (χ4n) is 1.74. The van der Waals surface area contributed by atoms with Gasteiger partial charge in [0.1, 0.15) is 0 Å². The maximum atomic E-state index is 11.9. The Labute approximate surface area is 97.6 Å². The zero-order chi connectivity index (χ0) is 11.0. The summed E-state index contributed by atoms with van der Waals surface area (Å²) in [6.45, 7) is 2.62. The summed E-state index contributed by atoms with van der Waals surface area (Å²) in [6.07, 6.45) is 0. The van der Waals surface area contributed by atoms with Gasteiger partial charge in [-0.25, -0.2) is 0 Å². The summed E-state index contributed by atoms with van der Waals surface area (Å²) in [5, 5.41) is 3.28. The van der Waals surface area contributed by atoms with Gasteiger partial charge in [0, 0.05) is 18.1 Å². The summed E-state index contributed by atoms with van der Waals surface area (Å²) >= 11 is 3.42. The Hall–Kier alpha value is -1.03. The molecule has 0 radical (unpaired) electrons. The lowest BCUT2D eigenvalue weighted by Crippen LogP contribution is -2.31. The molecule has 0 spiro atoms. The second-order valence-electron chi connectivity index (χ2n) is 3.84. The maximum absolute atomic E-state index is 11.9. The minimum absolute atomic E-state index is 0.0150. The van der Waals surface area contributed by atoms with Crippen molar-refractivity contribution >= 4 is 33.2 Å². The number of rotatable bonds is 0. The first-order valence-corrected chi connectivity index (χ1v) is 5.70. The Kier molecular flexibility index (Phi) is 2.69. The summed E-state index contributed by atoms with van der Waals surface area (Å²) in [5.74, 6) is 0.171. The summed E-state index contributed by atoms with van der Waals surface area (Å²) < 4.78 is 1.02. The van der Waals surface area contributed by atoms with E-state index in [0.29, 0.717) is 6.54 Å². The first-order valence-electron chi connectivity index (χ1n) is 4.90. The SMILES string of the molecule is CC1CNc2cc(Br)ccc2N(C)C1=O. The van der Waals surface area contributed by atoms with Gasteiger partial charge in [-0.3, -0.25) is 4.79 Å². The number of amides is 1. The molecule has 0 saturated carbocycles. The van der Waals surface area contributed by atoms with Crippen molar-refractivity contribution in [2.45, 2.75) is 6.92 Å². The third kappa shape index (κ3) is 1.86. The number of nitrogens with zero attached hydrogens (tertiary/aromatic N) is 1. The Morgan fingerprint density at radius 3 is 3.00 bits per heavy atom. The van der Waals surface area contributed by atoms with Crippen LogP contribution in [0.2, 0.25) is 0 Å². The summed E-state index contributed by atoms with van der Waals surface area (Å²) in [4.78, 5) is 13.6. The maximum Gasteiger partial charge on any atom is 0.231 e. The molecule has 0 aromatic heterocycles. The van der Waals surface area contributed by atoms with E-state index in [2.05, 4.69) is 21.2 Å². The van der Waals surface area contributed by atoms with E-state index in [1.807, 2.05) is 32.2 Å². The molecule has 4 heteroatoms. The predicted molar refractivity (Wildman–Crippen MR) is 65.2 cm³/mol. The second-order valence-corrected chi connectivity index (χ2v) is 4.76. The zero-order valence-electron chi connectivity index (χ0n) is 8.75. The molecule has 1 aromatic rings. The number of nitrogens with one attached hydrogen (secondary N) is 1. The summed E-state index contributed by atoms with van der Waals surface area (Å²) in [7, 11) is 1.82. The molecule has 1 atom stereocenters. The van der Waals surface area contributed by atoms with Crippen LogP contribution in [0.4, 0.5) is 11.4 Å². The van der Waals surface area contributed by atoms with Crippen LogP contribution in [0.25, 0.3) is 0 Å². The molecule has 0 bridgehead atoms. The van der Waals surface area contributed by atoms with E-state index < -0.39 is 0 Å². The highest BCUT2D eigenvalue weighted by Gasteiger charge is 2.24. The van der Waals surface area contributed by atoms with Crippen molar-refractivity contribution in [3.8, 4) is 0 Å². The van der Waals surface area contributed by atoms with Crippen LogP contribution in [0.3, 0.4) is 0 Å². The van der Waals surface area contributed by atoms with Crippen molar-refractivity contribution in [1.29, 1.82) is 0 Å². The number of carbonyl (C=O) groups is 1. The van der Waals surface area contributed by atoms with Crippen molar-refractivity contribution in [3.05, 3.63) is 22.7 Å². The average Bonchev–Trinajstić information content (AvgIpc) is 2.32. The van der Waals surface area contributed by atoms with Gasteiger partial charge in [-0.2, -0.15) is 0 Å². The van der Waals surface area contributed by atoms with Crippen molar-refractivity contribution in [2.24, 2.45) is 5.92 Å². The number of hydrogen-bond donors (Lipinski definition) is 1. The van der Waals surface area contributed by atoms with Crippen LogP contribution < -0.4 is 10.2 Å². The van der Waals surface area contributed by atoms with Crippen molar-refractivity contribution in [1.82, 2.24) is 0 Å². The van der Waals surface area contributed by atoms with Gasteiger partial charge in [0.25, 0.3) is 0 Å². The number of halogens is 1. The Morgan fingerprint density at radius 1 is 1.53 bits per heavy atom. The van der Waals surface area contributed by atoms with E-state index in [1.54, 1.807) is 4.90 Å². The fourth-order valence-corrected chi connectivity index (χ4v) is 2.10. The van der Waals surface area contributed by atoms with E-state index >= 15 is 0 Å². The zero-order valence-corrected chi connectivity index (χ0v) is 10.3. The van der Waals surface area contributed by atoms with Gasteiger partial charge in [-0.1, -0.05) is 22.9 Å². The van der Waals surface area contributed by atoms with Crippen LogP contribution in [0.5, 0.6) is 0 Å². The van der Waals surface area contributed by atoms with E-state index in [4.69, 9.17) is 0 Å². The molecule has 1 aromatic carbocycles. The monoisotopic (exact) mass is 268 g/mol. The van der Waals surface area contributed by atoms with Crippen LogP contribution in [-0.4, -0.2) is 19.5 Å². The van der Waals surface area contributed by atoms with E-state index in [0.717, 1.165) is 15.8 Å². The molecule has 2 rings (SSSR count). The molecule has 0 saturated heterocycles. The molecule has 1 aliphatic heterocycles. The minimum Gasteiger partial charge on any atom is -0.383 e. The third-order valence-corrected chi connectivity index (χ3v) is 3.16. The van der Waals surface area contributed by atoms with Crippen LogP contribution >= 0.6 is 15.9 Å². The Bertz CT molecular complexity index is 406. The topological polar surface area (TPSA) is 32.3 Å². The van der Waals surface area contributed by atoms with Gasteiger partial charge in [0.2, 0.25) is 5.91 Å². The lowest BCUT2D eigenvalue weighted by atomic mass is 10.1. The highest BCUT2D eigenvalue weighted by Crippen LogP contribution is 2.31. The molecular weight excluding hydrogens is 256 g/mol. The first kappa shape index (κ1) is 10.5. The minimum atomic E-state index is 0.0150. The number of hydrogen-bond acceptors (Lipinski definition) is 2. The molecule has 0 fully saturated rings. The molecule has 3 nitrogen and oxygen atoms in total. The summed E-state index contributed by atoms with van der Waals surface area (Å²) in [5.41, 5.74) is 1.94. The average molecular weight is 269 g/mol. The molecule has 1 unspecified atom stereocenters. The van der Waals surface area contributed by atoms with Crippen molar-refractivity contribution in [2.75, 3.05) is 23.8 Å². The smallest absolute Gasteiger partial charge is 0.231 e. The molecule has 15 heavy (non-hydrogen) atoms. The molecule has 1 heterocycles. The number of benzene rings is 1. The molecular formula is C11H13BrN2O. The number of fused-ring (bicyclic) bond motifs is 1. The van der Waals surface area contributed by atoms with Crippen molar-refractivity contribution in [3.63, 3.8) is 0 Å². The standard InChI is InChI=1S/C11H13BrN2O/c1-7-6-13-9-5-8(12)3-4-10(9)14(2)11(7)15/h3-5,7,13H,6H2,1-2H3. The Balaban J connectivity index is 2.47. The number of carbonyl (C=O) groups excluding carboxylic acids is 1. The van der Waals surface area contributed by atoms with Gasteiger partial charge in [0.15, 0.2) is 0 Å². The summed E-state index contributed by atoms with van der Waals surface area (Å²) in [6, 6.07) is 5.89. The lowest BCUT2D eigenvalue weighted by molar-refractivity contribution is -0.121. The van der Waals surface area contributed by atoms with Crippen LogP contribution in [-0.2, 0) is 4.79 Å². The molecule has 1 aliphatic rings. The van der Waals surface area contributed by atoms with E-state index in [9.17, 15) is 4.79 Å². The van der Waals surface area contributed by atoms with Crippen LogP contribution in [0, 0.1) is 5.92 Å². The first-order chi connectivity index (χ1) is 7.09. The highest BCUT2D eigenvalue weighted by atomic mass is 79.9. The van der Waals surface area contributed by atoms with Gasteiger partial charge in [-0.15, -0.1) is 0 Å². The van der Waals surface area contributed by atoms with Gasteiger partial charge < -0.3 is 10.2 Å². The van der Waals surface area contributed by atoms with Gasteiger partial charge >= 0.3 is 0 Å². The van der Waals surface area contributed by atoms with Crippen LogP contribution in [0.1, 0.15) is 6.92 Å². The van der Waals surface area contributed by atoms with E-state index in [-0.39, 0.29) is 11.8 Å². The van der Waals surface area contributed by atoms with Crippen molar-refractivity contribution < 1.29 is 4.79 Å². The van der Waals surface area contributed by atoms with E-state index in [1.165, 1.54) is 0 Å². The fraction of sp³-hybridized carbons (Fsp3) is 0.364. The molecule has 1 N–H and O–H groups in total. The lowest BCUT2D eigenvalue weighted by Gasteiger charge is -2.18. The Morgan fingerprint density at radius 2 is 2.27 bits per heavy atom. The quantitative estimate of drug-likeness (QED) is 0.784. The normalized spacial score (nSPS) is 20.6. The number of anilines is 2. The van der Waals surface area contributed by atoms with Gasteiger partial charge in [-0.05, 0) is 18.2 Å². The molecule has 0 aliphatic carbocycles. The third-order valence-electron chi connectivity index (χ3n) is 2.67. The molecule has 80 valence electrons. The van der Waals surface area contributed by atoms with Gasteiger partial charge in [0.05, 0.1) is 17.3 Å². The largest absolute Gasteiger partial charge is 0.383 e. The van der Waals surface area contributed by atoms with Crippen LogP contribution in [0.15, 0.2) is 22.7 Å². The highest BCUT2D eigenvalue weighted by molar-refractivity contribution is 9.10.